The molecule has 0 N–H and O–H groups in total. The lowest BCUT2D eigenvalue weighted by atomic mass is 9.96. The smallest absolute Gasteiger partial charge is 0.145 e. The van der Waals surface area contributed by atoms with E-state index in [0.29, 0.717) is 0 Å². The molecule has 0 aliphatic carbocycles. The van der Waals surface area contributed by atoms with Crippen LogP contribution in [-0.4, -0.2) is 23.8 Å². The molecule has 0 amide bonds. The number of aromatic nitrogens is 5. The maximum Gasteiger partial charge on any atom is 0.145 e. The van der Waals surface area contributed by atoms with Gasteiger partial charge in [0, 0.05) is 52.5 Å². The zero-order valence-corrected chi connectivity index (χ0v) is 21.8. The molecule has 0 aliphatic heterocycles. The van der Waals surface area contributed by atoms with Gasteiger partial charge in [0.15, 0.2) is 0 Å². The third-order valence-corrected chi connectivity index (χ3v) is 7.94. The summed E-state index contributed by atoms with van der Waals surface area (Å²) in [5.74, 6) is 1.48. The standard InChI is InChI=1S/C35H21N5O/c1-2-6-22(7-3-1)25-8-4-9-30-32(25)26-13-11-23(20-28(26)34-37-16-18-39(30)34)41-24-12-14-27-29(21-24)35-38-17-19-40(35)31-10-5-15-36-33(27)31/h1-21H. The van der Waals surface area contributed by atoms with Gasteiger partial charge in [-0.2, -0.15) is 0 Å². The van der Waals surface area contributed by atoms with Crippen molar-refractivity contribution >= 4 is 54.8 Å². The third-order valence-electron chi connectivity index (χ3n) is 7.94. The van der Waals surface area contributed by atoms with Gasteiger partial charge in [-0.15, -0.1) is 0 Å². The van der Waals surface area contributed by atoms with Crippen molar-refractivity contribution < 1.29 is 4.74 Å². The lowest BCUT2D eigenvalue weighted by molar-refractivity contribution is 0.484. The molecule has 0 bridgehead atoms. The number of benzene rings is 4. The molecule has 0 fully saturated rings. The van der Waals surface area contributed by atoms with Crippen LogP contribution in [0.5, 0.6) is 11.5 Å². The fourth-order valence-corrected chi connectivity index (χ4v) is 6.18. The Morgan fingerprint density at radius 1 is 0.512 bits per heavy atom. The van der Waals surface area contributed by atoms with Crippen molar-refractivity contribution in [2.45, 2.75) is 0 Å². The van der Waals surface area contributed by atoms with E-state index in [1.807, 2.05) is 55.2 Å². The van der Waals surface area contributed by atoms with Gasteiger partial charge in [0.05, 0.1) is 16.6 Å². The highest BCUT2D eigenvalue weighted by molar-refractivity contribution is 6.17. The van der Waals surface area contributed by atoms with Crippen LogP contribution in [0.4, 0.5) is 0 Å². The molecule has 9 aromatic rings. The van der Waals surface area contributed by atoms with Gasteiger partial charge in [0.25, 0.3) is 0 Å². The molecule has 41 heavy (non-hydrogen) atoms. The fraction of sp³-hybridized carbons (Fsp3) is 0. The number of hydrogen-bond acceptors (Lipinski definition) is 4. The second kappa shape index (κ2) is 8.37. The Labute approximate surface area is 233 Å². The number of fused-ring (bicyclic) bond motifs is 12. The summed E-state index contributed by atoms with van der Waals surface area (Å²) in [6.45, 7) is 0. The normalized spacial score (nSPS) is 11.9. The summed E-state index contributed by atoms with van der Waals surface area (Å²) in [4.78, 5) is 14.0. The molecule has 192 valence electrons. The lowest BCUT2D eigenvalue weighted by Crippen LogP contribution is -1.94. The van der Waals surface area contributed by atoms with Crippen LogP contribution < -0.4 is 4.74 Å². The molecule has 0 aliphatic rings. The minimum Gasteiger partial charge on any atom is -0.457 e. The Morgan fingerprint density at radius 3 is 1.98 bits per heavy atom. The van der Waals surface area contributed by atoms with Crippen LogP contribution in [0.15, 0.2) is 128 Å². The number of pyridine rings is 3. The molecule has 5 aromatic heterocycles. The van der Waals surface area contributed by atoms with Crippen LogP contribution >= 0.6 is 0 Å². The summed E-state index contributed by atoms with van der Waals surface area (Å²) >= 11 is 0. The minimum absolute atomic E-state index is 0.738. The number of nitrogens with zero attached hydrogens (tertiary/aromatic N) is 5. The molecule has 0 radical (unpaired) electrons. The largest absolute Gasteiger partial charge is 0.457 e. The second-order valence-corrected chi connectivity index (χ2v) is 10.2. The third kappa shape index (κ3) is 3.22. The Morgan fingerprint density at radius 2 is 1.20 bits per heavy atom. The molecule has 0 atom stereocenters. The van der Waals surface area contributed by atoms with Crippen molar-refractivity contribution in [2.75, 3.05) is 0 Å². The molecule has 0 unspecified atom stereocenters. The van der Waals surface area contributed by atoms with Crippen LogP contribution in [0.1, 0.15) is 0 Å². The van der Waals surface area contributed by atoms with Gasteiger partial charge >= 0.3 is 0 Å². The van der Waals surface area contributed by atoms with Crippen molar-refractivity contribution in [3.8, 4) is 22.6 Å². The quantitative estimate of drug-likeness (QED) is 0.216. The SMILES string of the molecule is c1ccc(-c2cccc3c2c2ccc(Oc4ccc5c(c4)c4nccn4c4cccnc54)cc2c2nccn32)cc1. The molecular formula is C35H21N5O. The fourth-order valence-electron chi connectivity index (χ4n) is 6.18. The first kappa shape index (κ1) is 22.1. The zero-order chi connectivity index (χ0) is 26.9. The van der Waals surface area contributed by atoms with Gasteiger partial charge in [0.1, 0.15) is 22.8 Å². The first-order chi connectivity index (χ1) is 20.3. The van der Waals surface area contributed by atoms with Crippen LogP contribution in [0.3, 0.4) is 0 Å². The van der Waals surface area contributed by atoms with Crippen LogP contribution in [0.25, 0.3) is 65.9 Å². The predicted molar refractivity (Wildman–Crippen MR) is 164 cm³/mol. The topological polar surface area (TPSA) is 56.7 Å². The van der Waals surface area contributed by atoms with Crippen LogP contribution in [0, 0.1) is 0 Å². The van der Waals surface area contributed by atoms with E-state index in [0.717, 1.165) is 60.9 Å². The maximum atomic E-state index is 6.49. The van der Waals surface area contributed by atoms with E-state index in [4.69, 9.17) is 9.72 Å². The summed E-state index contributed by atoms with van der Waals surface area (Å²) in [6, 6.07) is 33.4. The van der Waals surface area contributed by atoms with E-state index < -0.39 is 0 Å². The van der Waals surface area contributed by atoms with E-state index in [1.165, 1.54) is 16.5 Å². The van der Waals surface area contributed by atoms with Gasteiger partial charge in [0.2, 0.25) is 0 Å². The summed E-state index contributed by atoms with van der Waals surface area (Å²) < 4.78 is 10.7. The Hall–Kier alpha value is -5.75. The first-order valence-corrected chi connectivity index (χ1v) is 13.5. The molecule has 9 rings (SSSR count). The number of imidazole rings is 2. The number of ether oxygens (including phenoxy) is 1. The highest BCUT2D eigenvalue weighted by Gasteiger charge is 2.15. The van der Waals surface area contributed by atoms with E-state index >= 15 is 0 Å². The van der Waals surface area contributed by atoms with Crippen molar-refractivity contribution in [2.24, 2.45) is 0 Å². The monoisotopic (exact) mass is 527 g/mol. The van der Waals surface area contributed by atoms with Crippen molar-refractivity contribution in [3.63, 3.8) is 0 Å². The van der Waals surface area contributed by atoms with Gasteiger partial charge in [-0.1, -0.05) is 42.5 Å². The van der Waals surface area contributed by atoms with Gasteiger partial charge in [-0.25, -0.2) is 9.97 Å². The van der Waals surface area contributed by atoms with E-state index in [2.05, 4.69) is 91.6 Å². The highest BCUT2D eigenvalue weighted by atomic mass is 16.5. The average molecular weight is 528 g/mol. The number of hydrogen-bond donors (Lipinski definition) is 0. The molecule has 6 nitrogen and oxygen atoms in total. The molecule has 0 saturated heterocycles. The summed E-state index contributed by atoms with van der Waals surface area (Å²) in [5, 5.41) is 5.41. The average Bonchev–Trinajstić information content (AvgIpc) is 3.73. The highest BCUT2D eigenvalue weighted by Crippen LogP contribution is 2.39. The molecule has 0 spiro atoms. The lowest BCUT2D eigenvalue weighted by Gasteiger charge is -2.14. The maximum absolute atomic E-state index is 6.49. The van der Waals surface area contributed by atoms with E-state index in [1.54, 1.807) is 0 Å². The van der Waals surface area contributed by atoms with E-state index in [9.17, 15) is 0 Å². The predicted octanol–water partition coefficient (Wildman–Crippen LogP) is 8.45. The minimum atomic E-state index is 0.738. The van der Waals surface area contributed by atoms with Crippen molar-refractivity contribution in [1.29, 1.82) is 0 Å². The van der Waals surface area contributed by atoms with Crippen molar-refractivity contribution in [3.05, 3.63) is 128 Å². The first-order valence-electron chi connectivity index (χ1n) is 13.5. The van der Waals surface area contributed by atoms with Crippen LogP contribution in [-0.2, 0) is 0 Å². The molecule has 5 heterocycles. The van der Waals surface area contributed by atoms with Crippen molar-refractivity contribution in [1.82, 2.24) is 23.8 Å². The Balaban J connectivity index is 1.24. The van der Waals surface area contributed by atoms with Gasteiger partial charge in [-0.05, 0) is 71.1 Å². The van der Waals surface area contributed by atoms with Gasteiger partial charge < -0.3 is 4.74 Å². The Kier molecular flexibility index (Phi) is 4.51. The Bertz CT molecular complexity index is 2460. The molecule has 6 heteroatoms. The molecule has 4 aromatic carbocycles. The molecular weight excluding hydrogens is 506 g/mol. The summed E-state index contributed by atoms with van der Waals surface area (Å²) in [7, 11) is 0. The number of rotatable bonds is 3. The summed E-state index contributed by atoms with van der Waals surface area (Å²) in [6.07, 6.45) is 9.50. The zero-order valence-electron chi connectivity index (χ0n) is 21.8. The van der Waals surface area contributed by atoms with Crippen LogP contribution in [0.2, 0.25) is 0 Å². The summed E-state index contributed by atoms with van der Waals surface area (Å²) in [5.41, 5.74) is 7.24. The second-order valence-electron chi connectivity index (χ2n) is 10.2. The molecule has 0 saturated carbocycles. The van der Waals surface area contributed by atoms with E-state index in [-0.39, 0.29) is 0 Å². The van der Waals surface area contributed by atoms with Gasteiger partial charge in [-0.3, -0.25) is 13.8 Å².